The number of aromatic hydroxyl groups is 1. The van der Waals surface area contributed by atoms with Gasteiger partial charge in [0.15, 0.2) is 11.2 Å². The number of phenolic OH excluding ortho intramolecular Hbond substituents is 1. The van der Waals surface area contributed by atoms with Gasteiger partial charge in [0.2, 0.25) is 5.95 Å². The summed E-state index contributed by atoms with van der Waals surface area (Å²) < 4.78 is 9.27. The zero-order chi connectivity index (χ0) is 23.7. The Kier molecular flexibility index (Phi) is 6.12. The number of benzene rings is 1. The van der Waals surface area contributed by atoms with Crippen LogP contribution in [-0.4, -0.2) is 60.5 Å². The molecule has 0 atom stereocenters. The summed E-state index contributed by atoms with van der Waals surface area (Å²) >= 11 is 0. The first-order valence-electron chi connectivity index (χ1n) is 10.9. The highest BCUT2D eigenvalue weighted by atomic mass is 16.6. The van der Waals surface area contributed by atoms with E-state index >= 15 is 0 Å². The smallest absolute Gasteiger partial charge is 0.409 e. The van der Waals surface area contributed by atoms with Gasteiger partial charge in [0.25, 0.3) is 5.56 Å². The van der Waals surface area contributed by atoms with Crippen molar-refractivity contribution in [3.05, 3.63) is 50.7 Å². The highest BCUT2D eigenvalue weighted by Gasteiger charge is 2.26. The number of piperidine rings is 1. The molecule has 3 heterocycles. The van der Waals surface area contributed by atoms with E-state index in [1.54, 1.807) is 47.7 Å². The van der Waals surface area contributed by atoms with Crippen molar-refractivity contribution in [2.24, 2.45) is 14.1 Å². The minimum absolute atomic E-state index is 0.0342. The van der Waals surface area contributed by atoms with Gasteiger partial charge in [-0.3, -0.25) is 18.5 Å². The molecule has 1 saturated heterocycles. The average Bonchev–Trinajstić information content (AvgIpc) is 3.16. The van der Waals surface area contributed by atoms with Crippen molar-refractivity contribution in [1.82, 2.24) is 23.6 Å². The van der Waals surface area contributed by atoms with Gasteiger partial charge in [-0.25, -0.2) is 9.59 Å². The van der Waals surface area contributed by atoms with Crippen molar-refractivity contribution < 1.29 is 14.6 Å². The molecule has 2 aromatic heterocycles. The molecule has 0 unspecified atom stereocenters. The lowest BCUT2D eigenvalue weighted by Gasteiger charge is -2.31. The van der Waals surface area contributed by atoms with Crippen LogP contribution in [0.1, 0.15) is 25.3 Å². The maximum Gasteiger partial charge on any atom is 0.409 e. The van der Waals surface area contributed by atoms with Gasteiger partial charge in [-0.05, 0) is 37.5 Å². The van der Waals surface area contributed by atoms with Crippen molar-refractivity contribution in [3.63, 3.8) is 0 Å². The van der Waals surface area contributed by atoms with Crippen LogP contribution >= 0.6 is 0 Å². The summed E-state index contributed by atoms with van der Waals surface area (Å²) in [6, 6.07) is 6.75. The number of fused-ring (bicyclic) bond motifs is 1. The molecule has 0 bridgehead atoms. The second-order valence-electron chi connectivity index (χ2n) is 8.17. The van der Waals surface area contributed by atoms with E-state index in [0.717, 1.165) is 10.1 Å². The van der Waals surface area contributed by atoms with E-state index in [0.29, 0.717) is 56.2 Å². The first-order chi connectivity index (χ1) is 15.8. The Hall–Kier alpha value is -3.76. The molecule has 11 heteroatoms. The molecular formula is C22H28N6O5. The third kappa shape index (κ3) is 4.30. The Morgan fingerprint density at radius 1 is 1.15 bits per heavy atom. The molecule has 2 N–H and O–H groups in total. The highest BCUT2D eigenvalue weighted by molar-refractivity contribution is 5.74. The summed E-state index contributed by atoms with van der Waals surface area (Å²) in [7, 11) is 3.03. The number of amides is 1. The number of anilines is 1. The molecule has 1 aliphatic heterocycles. The molecular weight excluding hydrogens is 428 g/mol. The third-order valence-corrected chi connectivity index (χ3v) is 5.98. The van der Waals surface area contributed by atoms with Crippen molar-refractivity contribution in [3.8, 4) is 5.75 Å². The Labute approximate surface area is 189 Å². The molecule has 3 aromatic rings. The minimum Gasteiger partial charge on any atom is -0.508 e. The number of nitrogens with zero attached hydrogens (tertiary/aromatic N) is 5. The van der Waals surface area contributed by atoms with Crippen LogP contribution in [0.2, 0.25) is 0 Å². The quantitative estimate of drug-likeness (QED) is 0.592. The van der Waals surface area contributed by atoms with Gasteiger partial charge in [-0.1, -0.05) is 12.1 Å². The van der Waals surface area contributed by atoms with E-state index in [9.17, 15) is 19.5 Å². The lowest BCUT2D eigenvalue weighted by molar-refractivity contribution is 0.0983. The van der Waals surface area contributed by atoms with Crippen molar-refractivity contribution >= 4 is 23.2 Å². The Morgan fingerprint density at radius 3 is 2.45 bits per heavy atom. The number of ether oxygens (including phenoxy) is 1. The molecule has 1 aliphatic rings. The Balaban J connectivity index is 1.69. The fourth-order valence-corrected chi connectivity index (χ4v) is 4.10. The molecule has 0 radical (unpaired) electrons. The van der Waals surface area contributed by atoms with E-state index in [1.165, 1.54) is 11.6 Å². The number of imidazole rings is 1. The number of rotatable bonds is 5. The molecule has 0 saturated carbocycles. The van der Waals surface area contributed by atoms with Crippen molar-refractivity contribution in [1.29, 1.82) is 0 Å². The molecule has 0 aliphatic carbocycles. The Morgan fingerprint density at radius 2 is 1.82 bits per heavy atom. The summed E-state index contributed by atoms with van der Waals surface area (Å²) in [5.74, 6) is 0.630. The number of nitrogens with one attached hydrogen (secondary N) is 1. The standard InChI is InChI=1S/C22H28N6O5/c1-4-33-22(32)27-11-9-15(10-12-27)23-20-24-18-17(19(30)26(3)21(31)25(18)2)28(20)13-14-5-7-16(29)8-6-14/h5-8,15,29H,4,9-13H2,1-3H3,(H,23,24). The lowest BCUT2D eigenvalue weighted by atomic mass is 10.1. The summed E-state index contributed by atoms with van der Waals surface area (Å²) in [4.78, 5) is 43.7. The summed E-state index contributed by atoms with van der Waals surface area (Å²) in [5, 5.41) is 13.0. The monoisotopic (exact) mass is 456 g/mol. The normalized spacial score (nSPS) is 14.6. The van der Waals surface area contributed by atoms with Gasteiger partial charge in [0, 0.05) is 33.2 Å². The number of aromatic nitrogens is 4. The van der Waals surface area contributed by atoms with Crippen molar-refractivity contribution in [2.45, 2.75) is 32.4 Å². The number of carbonyl (C=O) groups excluding carboxylic acids is 1. The van der Waals surface area contributed by atoms with Gasteiger partial charge < -0.3 is 20.1 Å². The van der Waals surface area contributed by atoms with Gasteiger partial charge in [-0.2, -0.15) is 4.98 Å². The van der Waals surface area contributed by atoms with E-state index in [2.05, 4.69) is 10.3 Å². The van der Waals surface area contributed by atoms with Crippen LogP contribution in [0.5, 0.6) is 5.75 Å². The second kappa shape index (κ2) is 9.00. The summed E-state index contributed by atoms with van der Waals surface area (Å²) in [5.41, 5.74) is 0.608. The van der Waals surface area contributed by atoms with Crippen LogP contribution in [0, 0.1) is 0 Å². The molecule has 1 fully saturated rings. The molecule has 33 heavy (non-hydrogen) atoms. The fourth-order valence-electron chi connectivity index (χ4n) is 4.10. The molecule has 1 amide bonds. The summed E-state index contributed by atoms with van der Waals surface area (Å²) in [6.07, 6.45) is 1.07. The van der Waals surface area contributed by atoms with Gasteiger partial charge in [-0.15, -0.1) is 0 Å². The predicted octanol–water partition coefficient (Wildman–Crippen LogP) is 1.22. The zero-order valence-corrected chi connectivity index (χ0v) is 18.9. The van der Waals surface area contributed by atoms with Crippen molar-refractivity contribution in [2.75, 3.05) is 25.0 Å². The molecule has 0 spiro atoms. The molecule has 4 rings (SSSR count). The highest BCUT2D eigenvalue weighted by Crippen LogP contribution is 2.22. The van der Waals surface area contributed by atoms with E-state index in [-0.39, 0.29) is 17.9 Å². The van der Waals surface area contributed by atoms with E-state index < -0.39 is 11.2 Å². The van der Waals surface area contributed by atoms with Gasteiger partial charge in [0.1, 0.15) is 5.75 Å². The van der Waals surface area contributed by atoms with Gasteiger partial charge >= 0.3 is 11.8 Å². The third-order valence-electron chi connectivity index (χ3n) is 5.98. The van der Waals surface area contributed by atoms with Crippen LogP contribution in [0.15, 0.2) is 33.9 Å². The molecule has 1 aromatic carbocycles. The maximum atomic E-state index is 13.0. The number of carbonyl (C=O) groups is 1. The Bertz CT molecular complexity index is 1280. The number of phenols is 1. The van der Waals surface area contributed by atoms with Crippen LogP contribution in [0.3, 0.4) is 0 Å². The second-order valence-corrected chi connectivity index (χ2v) is 8.17. The van der Waals surface area contributed by atoms with E-state index in [4.69, 9.17) is 4.74 Å². The zero-order valence-electron chi connectivity index (χ0n) is 18.9. The topological polar surface area (TPSA) is 124 Å². The number of hydrogen-bond donors (Lipinski definition) is 2. The predicted molar refractivity (Wildman–Crippen MR) is 123 cm³/mol. The van der Waals surface area contributed by atoms with Crippen LogP contribution in [-0.2, 0) is 25.4 Å². The fraction of sp³-hybridized carbons (Fsp3) is 0.455. The number of likely N-dealkylation sites (tertiary alicyclic amines) is 1. The summed E-state index contributed by atoms with van der Waals surface area (Å²) in [6.45, 7) is 3.55. The van der Waals surface area contributed by atoms with E-state index in [1.807, 2.05) is 0 Å². The number of aryl methyl sites for hydroxylation is 1. The van der Waals surface area contributed by atoms with Crippen LogP contribution in [0.25, 0.3) is 11.2 Å². The number of hydrogen-bond acceptors (Lipinski definition) is 7. The van der Waals surface area contributed by atoms with Crippen LogP contribution < -0.4 is 16.6 Å². The largest absolute Gasteiger partial charge is 0.508 e. The minimum atomic E-state index is -0.448. The van der Waals surface area contributed by atoms with Crippen LogP contribution in [0.4, 0.5) is 10.7 Å². The molecule has 176 valence electrons. The SMILES string of the molecule is CCOC(=O)N1CCC(Nc2nc3c(c(=O)n(C)c(=O)n3C)n2Cc2ccc(O)cc2)CC1. The van der Waals surface area contributed by atoms with Gasteiger partial charge in [0.05, 0.1) is 13.2 Å². The first-order valence-corrected chi connectivity index (χ1v) is 10.9. The lowest BCUT2D eigenvalue weighted by Crippen LogP contribution is -2.43. The first kappa shape index (κ1) is 22.4. The average molecular weight is 457 g/mol. The maximum absolute atomic E-state index is 13.0. The molecule has 11 nitrogen and oxygen atoms in total.